The van der Waals surface area contributed by atoms with Crippen molar-refractivity contribution in [3.63, 3.8) is 0 Å². The molecule has 154 valence electrons. The Labute approximate surface area is 182 Å². The number of hydrogen-bond acceptors (Lipinski definition) is 4. The monoisotopic (exact) mass is 444 g/mol. The van der Waals surface area contributed by atoms with E-state index in [1.807, 2.05) is 13.0 Å². The van der Waals surface area contributed by atoms with E-state index >= 15 is 0 Å². The van der Waals surface area contributed by atoms with Gasteiger partial charge in [-0.1, -0.05) is 35.3 Å². The SMILES string of the molecule is Cc1cnc2c(NC(=O)c3c(Cl)ccc(O)c3Cl)cccc2c1N1CCN(C)C1=O. The van der Waals surface area contributed by atoms with Gasteiger partial charge in [0.15, 0.2) is 0 Å². The molecule has 9 heteroatoms. The van der Waals surface area contributed by atoms with Crippen LogP contribution in [0.1, 0.15) is 15.9 Å². The number of amides is 3. The average molecular weight is 445 g/mol. The summed E-state index contributed by atoms with van der Waals surface area (Å²) in [5, 5.41) is 13.3. The molecule has 0 radical (unpaired) electrons. The lowest BCUT2D eigenvalue weighted by atomic mass is 10.1. The number of carbonyl (C=O) groups excluding carboxylic acids is 2. The van der Waals surface area contributed by atoms with Crippen LogP contribution in [0.25, 0.3) is 10.9 Å². The van der Waals surface area contributed by atoms with Crippen molar-refractivity contribution in [1.29, 1.82) is 0 Å². The van der Waals surface area contributed by atoms with E-state index in [9.17, 15) is 14.7 Å². The molecule has 7 nitrogen and oxygen atoms in total. The van der Waals surface area contributed by atoms with Gasteiger partial charge in [-0.05, 0) is 30.7 Å². The van der Waals surface area contributed by atoms with Crippen molar-refractivity contribution in [3.8, 4) is 5.75 Å². The van der Waals surface area contributed by atoms with Gasteiger partial charge in [0.1, 0.15) is 5.75 Å². The number of rotatable bonds is 3. The lowest BCUT2D eigenvalue weighted by molar-refractivity contribution is 0.102. The number of fused-ring (bicyclic) bond motifs is 1. The fourth-order valence-corrected chi connectivity index (χ4v) is 4.10. The smallest absolute Gasteiger partial charge is 0.324 e. The molecule has 0 saturated carbocycles. The van der Waals surface area contributed by atoms with Crippen LogP contribution in [0.2, 0.25) is 10.0 Å². The number of benzene rings is 2. The first-order chi connectivity index (χ1) is 14.3. The standard InChI is InChI=1S/C21H18Cl2N4O3/c1-11-10-24-18-12(19(11)27-9-8-26(2)21(27)30)4-3-5-14(18)25-20(29)16-13(22)6-7-15(28)17(16)23/h3-7,10,28H,8-9H2,1-2H3,(H,25,29). The molecule has 0 atom stereocenters. The summed E-state index contributed by atoms with van der Waals surface area (Å²) in [6.07, 6.45) is 1.67. The summed E-state index contributed by atoms with van der Waals surface area (Å²) in [4.78, 5) is 33.3. The number of halogens is 2. The van der Waals surface area contributed by atoms with Crippen LogP contribution in [0.15, 0.2) is 36.5 Å². The van der Waals surface area contributed by atoms with Crippen LogP contribution in [-0.2, 0) is 0 Å². The molecule has 30 heavy (non-hydrogen) atoms. The highest BCUT2D eigenvalue weighted by Gasteiger charge is 2.29. The first kappa shape index (κ1) is 20.3. The van der Waals surface area contributed by atoms with Crippen molar-refractivity contribution < 1.29 is 14.7 Å². The largest absolute Gasteiger partial charge is 0.506 e. The third kappa shape index (κ3) is 3.30. The van der Waals surface area contributed by atoms with Crippen LogP contribution >= 0.6 is 23.2 Å². The number of para-hydroxylation sites is 1. The van der Waals surface area contributed by atoms with Crippen molar-refractivity contribution in [2.24, 2.45) is 0 Å². The quantitative estimate of drug-likeness (QED) is 0.613. The minimum atomic E-state index is -0.575. The van der Waals surface area contributed by atoms with Gasteiger partial charge in [-0.15, -0.1) is 0 Å². The van der Waals surface area contributed by atoms with Gasteiger partial charge in [-0.2, -0.15) is 0 Å². The Morgan fingerprint density at radius 3 is 2.67 bits per heavy atom. The molecule has 1 aliphatic rings. The van der Waals surface area contributed by atoms with E-state index in [0.29, 0.717) is 24.3 Å². The summed E-state index contributed by atoms with van der Waals surface area (Å²) in [7, 11) is 1.76. The van der Waals surface area contributed by atoms with Gasteiger partial charge < -0.3 is 15.3 Å². The predicted octanol–water partition coefficient (Wildman–Crippen LogP) is 4.68. The molecule has 1 fully saturated rings. The number of anilines is 2. The van der Waals surface area contributed by atoms with Crippen LogP contribution in [0.4, 0.5) is 16.2 Å². The molecule has 0 bridgehead atoms. The predicted molar refractivity (Wildman–Crippen MR) is 118 cm³/mol. The Balaban J connectivity index is 1.79. The number of hydrogen-bond donors (Lipinski definition) is 2. The second-order valence-corrected chi connectivity index (χ2v) is 7.84. The Kier molecular flexibility index (Phi) is 5.17. The third-order valence-corrected chi connectivity index (χ3v) is 5.78. The van der Waals surface area contributed by atoms with E-state index in [4.69, 9.17) is 23.2 Å². The Morgan fingerprint density at radius 1 is 1.20 bits per heavy atom. The van der Waals surface area contributed by atoms with Gasteiger partial charge in [0.2, 0.25) is 0 Å². The molecule has 1 aromatic heterocycles. The van der Waals surface area contributed by atoms with E-state index in [1.54, 1.807) is 35.2 Å². The number of carbonyl (C=O) groups is 2. The zero-order valence-corrected chi connectivity index (χ0v) is 17.8. The van der Waals surface area contributed by atoms with Crippen molar-refractivity contribution in [1.82, 2.24) is 9.88 Å². The number of likely N-dealkylation sites (N-methyl/N-ethyl adjacent to an activating group) is 1. The number of phenolic OH excluding ortho intramolecular Hbond substituents is 1. The van der Waals surface area contributed by atoms with Gasteiger partial charge in [0.25, 0.3) is 5.91 Å². The maximum absolute atomic E-state index is 12.9. The van der Waals surface area contributed by atoms with Crippen LogP contribution in [-0.4, -0.2) is 47.1 Å². The second kappa shape index (κ2) is 7.66. The number of aromatic hydroxyl groups is 1. The Bertz CT molecular complexity index is 1200. The van der Waals surface area contributed by atoms with Crippen LogP contribution in [0, 0.1) is 6.92 Å². The summed E-state index contributed by atoms with van der Waals surface area (Å²) in [5.41, 5.74) is 2.56. The zero-order chi connectivity index (χ0) is 21.6. The number of phenols is 1. The van der Waals surface area contributed by atoms with Crippen LogP contribution in [0.3, 0.4) is 0 Å². The molecule has 2 aromatic carbocycles. The lowest BCUT2D eigenvalue weighted by Gasteiger charge is -2.21. The first-order valence-corrected chi connectivity index (χ1v) is 9.94. The highest BCUT2D eigenvalue weighted by molar-refractivity contribution is 6.41. The average Bonchev–Trinajstić information content (AvgIpc) is 3.03. The van der Waals surface area contributed by atoms with E-state index in [0.717, 1.165) is 16.6 Å². The molecule has 0 unspecified atom stereocenters. The van der Waals surface area contributed by atoms with Gasteiger partial charge in [-0.25, -0.2) is 4.79 Å². The minimum Gasteiger partial charge on any atom is -0.506 e. The minimum absolute atomic E-state index is 0.0287. The summed E-state index contributed by atoms with van der Waals surface area (Å²) >= 11 is 12.2. The van der Waals surface area contributed by atoms with E-state index in [1.165, 1.54) is 12.1 Å². The molecule has 2 N–H and O–H groups in total. The normalized spacial score (nSPS) is 13.9. The summed E-state index contributed by atoms with van der Waals surface area (Å²) < 4.78 is 0. The number of nitrogens with one attached hydrogen (secondary N) is 1. The molecule has 0 spiro atoms. The molecule has 3 amide bonds. The van der Waals surface area contributed by atoms with Gasteiger partial charge in [-0.3, -0.25) is 14.7 Å². The van der Waals surface area contributed by atoms with Gasteiger partial charge >= 0.3 is 6.03 Å². The van der Waals surface area contributed by atoms with Crippen molar-refractivity contribution in [2.75, 3.05) is 30.4 Å². The summed E-state index contributed by atoms with van der Waals surface area (Å²) in [5.74, 6) is -0.814. The van der Waals surface area contributed by atoms with E-state index in [-0.39, 0.29) is 27.4 Å². The van der Waals surface area contributed by atoms with Gasteiger partial charge in [0, 0.05) is 31.7 Å². The highest BCUT2D eigenvalue weighted by Crippen LogP contribution is 2.36. The number of urea groups is 1. The van der Waals surface area contributed by atoms with Gasteiger partial charge in [0.05, 0.1) is 32.5 Å². The van der Waals surface area contributed by atoms with Crippen molar-refractivity contribution in [3.05, 3.63) is 57.7 Å². The third-order valence-electron chi connectivity index (χ3n) is 5.08. The zero-order valence-electron chi connectivity index (χ0n) is 16.2. The molecule has 1 aliphatic heterocycles. The molecule has 3 aromatic rings. The van der Waals surface area contributed by atoms with E-state index < -0.39 is 5.91 Å². The van der Waals surface area contributed by atoms with E-state index in [2.05, 4.69) is 10.3 Å². The fourth-order valence-electron chi connectivity index (χ4n) is 3.56. The second-order valence-electron chi connectivity index (χ2n) is 7.06. The maximum atomic E-state index is 12.9. The number of pyridine rings is 1. The first-order valence-electron chi connectivity index (χ1n) is 9.19. The number of aryl methyl sites for hydroxylation is 1. The molecule has 4 rings (SSSR count). The summed E-state index contributed by atoms with van der Waals surface area (Å²) in [6.45, 7) is 3.10. The molecule has 0 aliphatic carbocycles. The van der Waals surface area contributed by atoms with Crippen LogP contribution in [0.5, 0.6) is 5.75 Å². The topological polar surface area (TPSA) is 85.8 Å². The maximum Gasteiger partial charge on any atom is 0.324 e. The molecular formula is C21H18Cl2N4O3. The number of aromatic nitrogens is 1. The fraction of sp³-hybridized carbons (Fsp3) is 0.190. The van der Waals surface area contributed by atoms with Crippen LogP contribution < -0.4 is 10.2 Å². The Hall–Kier alpha value is -3.03. The number of nitrogens with zero attached hydrogens (tertiary/aromatic N) is 3. The molecular weight excluding hydrogens is 427 g/mol. The highest BCUT2D eigenvalue weighted by atomic mass is 35.5. The van der Waals surface area contributed by atoms with Crippen molar-refractivity contribution >= 4 is 57.4 Å². The summed E-state index contributed by atoms with van der Waals surface area (Å²) in [6, 6.07) is 7.97. The van der Waals surface area contributed by atoms with Crippen molar-refractivity contribution in [2.45, 2.75) is 6.92 Å². The molecule has 1 saturated heterocycles. The Morgan fingerprint density at radius 2 is 1.97 bits per heavy atom. The lowest BCUT2D eigenvalue weighted by Crippen LogP contribution is -2.30. The molecule has 2 heterocycles.